The van der Waals surface area contributed by atoms with Crippen LogP contribution in [-0.4, -0.2) is 42.4 Å². The summed E-state index contributed by atoms with van der Waals surface area (Å²) in [5.74, 6) is -0.760. The molecule has 4 rings (SSSR count). The van der Waals surface area contributed by atoms with Crippen LogP contribution in [0.4, 0.5) is 0 Å². The Hall–Kier alpha value is -3.06. The van der Waals surface area contributed by atoms with Crippen molar-refractivity contribution in [1.29, 1.82) is 0 Å². The Bertz CT molecular complexity index is 922. The van der Waals surface area contributed by atoms with E-state index in [2.05, 4.69) is 0 Å². The lowest BCUT2D eigenvalue weighted by molar-refractivity contribution is -0.145. The Labute approximate surface area is 159 Å². The predicted molar refractivity (Wildman–Crippen MR) is 94.0 cm³/mol. The predicted octanol–water partition coefficient (Wildman–Crippen LogP) is 2.45. The Balaban J connectivity index is 1.40. The maximum absolute atomic E-state index is 12.3. The van der Waals surface area contributed by atoms with E-state index in [1.165, 1.54) is 0 Å². The molecule has 138 valence electrons. The molecule has 2 aromatic rings. The fraction of sp³-hybridized carbons (Fsp3) is 0.211. The van der Waals surface area contributed by atoms with Gasteiger partial charge in [-0.05, 0) is 29.8 Å². The van der Waals surface area contributed by atoms with Crippen LogP contribution in [-0.2, 0) is 16.1 Å². The Morgan fingerprint density at radius 1 is 1.07 bits per heavy atom. The van der Waals surface area contributed by atoms with Gasteiger partial charge < -0.3 is 14.2 Å². The van der Waals surface area contributed by atoms with E-state index in [-0.39, 0.29) is 17.7 Å². The zero-order valence-electron chi connectivity index (χ0n) is 14.1. The van der Waals surface area contributed by atoms with E-state index in [0.29, 0.717) is 35.3 Å². The fourth-order valence-electron chi connectivity index (χ4n) is 2.97. The Morgan fingerprint density at radius 3 is 2.44 bits per heavy atom. The van der Waals surface area contributed by atoms with Gasteiger partial charge in [0, 0.05) is 0 Å². The van der Waals surface area contributed by atoms with Crippen molar-refractivity contribution in [2.75, 3.05) is 19.8 Å². The van der Waals surface area contributed by atoms with Crippen molar-refractivity contribution in [3.63, 3.8) is 0 Å². The SMILES string of the molecule is O=C(CN1C(=O)c2ccccc2C1=O)OCc1cc(Cl)c2c(c1)OCCO2. The Morgan fingerprint density at radius 2 is 1.74 bits per heavy atom. The van der Waals surface area contributed by atoms with Crippen molar-refractivity contribution >= 4 is 29.4 Å². The van der Waals surface area contributed by atoms with Gasteiger partial charge in [0.05, 0.1) is 16.1 Å². The highest BCUT2D eigenvalue weighted by Gasteiger charge is 2.36. The molecule has 0 unspecified atom stereocenters. The molecule has 0 aliphatic carbocycles. The topological polar surface area (TPSA) is 82.1 Å². The summed E-state index contributed by atoms with van der Waals surface area (Å²) >= 11 is 6.15. The van der Waals surface area contributed by atoms with E-state index in [9.17, 15) is 14.4 Å². The number of nitrogens with zero attached hydrogens (tertiary/aromatic N) is 1. The van der Waals surface area contributed by atoms with Crippen LogP contribution >= 0.6 is 11.6 Å². The first kappa shape index (κ1) is 17.4. The summed E-state index contributed by atoms with van der Waals surface area (Å²) in [6.07, 6.45) is 0. The second-order valence-electron chi connectivity index (χ2n) is 6.00. The third-order valence-electron chi connectivity index (χ3n) is 4.22. The maximum atomic E-state index is 12.3. The molecule has 27 heavy (non-hydrogen) atoms. The van der Waals surface area contributed by atoms with E-state index < -0.39 is 24.3 Å². The van der Waals surface area contributed by atoms with Gasteiger partial charge >= 0.3 is 5.97 Å². The summed E-state index contributed by atoms with van der Waals surface area (Å²) in [4.78, 5) is 37.6. The molecule has 0 radical (unpaired) electrons. The first-order chi connectivity index (χ1) is 13.0. The van der Waals surface area contributed by atoms with E-state index in [1.54, 1.807) is 36.4 Å². The standard InChI is InChI=1S/C19H14ClNO6/c20-14-7-11(8-15-17(14)26-6-5-25-15)10-27-16(22)9-21-18(23)12-3-1-2-4-13(12)19(21)24/h1-4,7-8H,5-6,9-10H2. The van der Waals surface area contributed by atoms with Crippen molar-refractivity contribution in [2.24, 2.45) is 0 Å². The molecule has 0 saturated carbocycles. The highest BCUT2D eigenvalue weighted by molar-refractivity contribution is 6.32. The number of halogens is 1. The van der Waals surface area contributed by atoms with E-state index in [1.807, 2.05) is 0 Å². The van der Waals surface area contributed by atoms with E-state index in [4.69, 9.17) is 25.8 Å². The van der Waals surface area contributed by atoms with Gasteiger partial charge in [0.15, 0.2) is 11.5 Å². The molecule has 0 atom stereocenters. The van der Waals surface area contributed by atoms with Gasteiger partial charge in [0.2, 0.25) is 0 Å². The molecule has 2 aliphatic heterocycles. The van der Waals surface area contributed by atoms with Crippen LogP contribution in [0, 0.1) is 0 Å². The molecule has 2 heterocycles. The second kappa shape index (κ2) is 6.92. The first-order valence-electron chi connectivity index (χ1n) is 8.23. The number of carbonyl (C=O) groups excluding carboxylic acids is 3. The number of hydrogen-bond donors (Lipinski definition) is 0. The van der Waals surface area contributed by atoms with Crippen molar-refractivity contribution in [2.45, 2.75) is 6.61 Å². The van der Waals surface area contributed by atoms with Gasteiger partial charge in [-0.3, -0.25) is 19.3 Å². The summed E-state index contributed by atoms with van der Waals surface area (Å²) in [5.41, 5.74) is 1.18. The Kier molecular flexibility index (Phi) is 4.45. The number of esters is 1. The van der Waals surface area contributed by atoms with Crippen LogP contribution in [0.5, 0.6) is 11.5 Å². The summed E-state index contributed by atoms with van der Waals surface area (Å²) in [7, 11) is 0. The van der Waals surface area contributed by atoms with Crippen LogP contribution in [0.3, 0.4) is 0 Å². The molecule has 0 spiro atoms. The van der Waals surface area contributed by atoms with Crippen molar-refractivity contribution in [3.8, 4) is 11.5 Å². The summed E-state index contributed by atoms with van der Waals surface area (Å²) in [6, 6.07) is 9.73. The molecular weight excluding hydrogens is 374 g/mol. The van der Waals surface area contributed by atoms with Gasteiger partial charge in [-0.2, -0.15) is 0 Å². The number of imide groups is 1. The van der Waals surface area contributed by atoms with Crippen LogP contribution < -0.4 is 9.47 Å². The molecule has 0 N–H and O–H groups in total. The number of hydrogen-bond acceptors (Lipinski definition) is 6. The number of carbonyl (C=O) groups is 3. The van der Waals surface area contributed by atoms with Crippen LogP contribution in [0.1, 0.15) is 26.3 Å². The zero-order valence-corrected chi connectivity index (χ0v) is 14.8. The smallest absolute Gasteiger partial charge is 0.326 e. The minimum absolute atomic E-state index is 0.0711. The largest absolute Gasteiger partial charge is 0.486 e. The number of rotatable bonds is 4. The third-order valence-corrected chi connectivity index (χ3v) is 4.50. The molecule has 0 saturated heterocycles. The van der Waals surface area contributed by atoms with Gasteiger partial charge in [-0.15, -0.1) is 0 Å². The summed E-state index contributed by atoms with van der Waals surface area (Å²) in [6.45, 7) is 0.302. The van der Waals surface area contributed by atoms with Gasteiger partial charge in [0.1, 0.15) is 26.4 Å². The van der Waals surface area contributed by atoms with Crippen molar-refractivity contribution in [1.82, 2.24) is 4.90 Å². The van der Waals surface area contributed by atoms with Crippen LogP contribution in [0.25, 0.3) is 0 Å². The minimum Gasteiger partial charge on any atom is -0.486 e. The molecule has 0 bridgehead atoms. The average molecular weight is 388 g/mol. The van der Waals surface area contributed by atoms with Crippen LogP contribution in [0.2, 0.25) is 5.02 Å². The van der Waals surface area contributed by atoms with Gasteiger partial charge in [-0.25, -0.2) is 0 Å². The lowest BCUT2D eigenvalue weighted by Crippen LogP contribution is -2.35. The maximum Gasteiger partial charge on any atom is 0.326 e. The lowest BCUT2D eigenvalue weighted by Gasteiger charge is -2.20. The quantitative estimate of drug-likeness (QED) is 0.592. The molecule has 2 aromatic carbocycles. The van der Waals surface area contributed by atoms with Crippen LogP contribution in [0.15, 0.2) is 36.4 Å². The normalized spacial score (nSPS) is 14.9. The molecule has 2 aliphatic rings. The fourth-order valence-corrected chi connectivity index (χ4v) is 3.26. The molecule has 2 amide bonds. The summed E-state index contributed by atoms with van der Waals surface area (Å²) < 4.78 is 16.1. The van der Waals surface area contributed by atoms with Crippen molar-refractivity contribution < 1.29 is 28.6 Å². The van der Waals surface area contributed by atoms with E-state index >= 15 is 0 Å². The highest BCUT2D eigenvalue weighted by atomic mass is 35.5. The molecule has 0 fully saturated rings. The lowest BCUT2D eigenvalue weighted by atomic mass is 10.1. The zero-order chi connectivity index (χ0) is 19.0. The molecule has 0 aromatic heterocycles. The second-order valence-corrected chi connectivity index (χ2v) is 6.41. The van der Waals surface area contributed by atoms with Gasteiger partial charge in [-0.1, -0.05) is 23.7 Å². The van der Waals surface area contributed by atoms with E-state index in [0.717, 1.165) is 4.90 Å². The number of ether oxygens (including phenoxy) is 3. The van der Waals surface area contributed by atoms with Gasteiger partial charge in [0.25, 0.3) is 11.8 Å². The van der Waals surface area contributed by atoms with Crippen molar-refractivity contribution in [3.05, 3.63) is 58.1 Å². The number of benzene rings is 2. The first-order valence-corrected chi connectivity index (χ1v) is 8.61. The third kappa shape index (κ3) is 3.21. The summed E-state index contributed by atoms with van der Waals surface area (Å²) in [5, 5.41) is 0.360. The number of amides is 2. The highest BCUT2D eigenvalue weighted by Crippen LogP contribution is 2.38. The average Bonchev–Trinajstić information content (AvgIpc) is 2.92. The number of fused-ring (bicyclic) bond motifs is 2. The molecule has 8 heteroatoms. The molecular formula is C19H14ClNO6. The monoisotopic (exact) mass is 387 g/mol. The molecule has 7 nitrogen and oxygen atoms in total. The minimum atomic E-state index is -0.699.